The van der Waals surface area contributed by atoms with Crippen LogP contribution in [0.3, 0.4) is 0 Å². The molecule has 2 aliphatic rings. The van der Waals surface area contributed by atoms with E-state index in [1.54, 1.807) is 6.07 Å². The average Bonchev–Trinajstić information content (AvgIpc) is 2.86. The number of hydrogen-bond donors (Lipinski definition) is 2. The molecule has 1 aliphatic carbocycles. The van der Waals surface area contributed by atoms with Gasteiger partial charge in [-0.3, -0.25) is 9.59 Å². The second-order valence-electron chi connectivity index (χ2n) is 6.85. The number of hydrogen-bond acceptors (Lipinski definition) is 4. The number of carbonyl (C=O) groups is 1. The van der Waals surface area contributed by atoms with Crippen LogP contribution in [0.25, 0.3) is 0 Å². The number of aromatic amines is 1. The molecular formula is C17H22N2O4S. The Morgan fingerprint density at radius 2 is 1.92 bits per heavy atom. The van der Waals surface area contributed by atoms with E-state index in [0.717, 1.165) is 42.7 Å². The summed E-state index contributed by atoms with van der Waals surface area (Å²) in [6, 6.07) is 2.76. The zero-order valence-electron chi connectivity index (χ0n) is 13.6. The molecular weight excluding hydrogens is 328 g/mol. The van der Waals surface area contributed by atoms with Crippen LogP contribution < -0.4 is 10.9 Å². The van der Waals surface area contributed by atoms with E-state index in [1.165, 1.54) is 12.1 Å². The molecule has 1 atom stereocenters. The van der Waals surface area contributed by atoms with Crippen molar-refractivity contribution >= 4 is 15.7 Å². The largest absolute Gasteiger partial charge is 0.345 e. The summed E-state index contributed by atoms with van der Waals surface area (Å²) >= 11 is 0. The summed E-state index contributed by atoms with van der Waals surface area (Å²) in [4.78, 5) is 27.3. The molecule has 0 unspecified atom stereocenters. The van der Waals surface area contributed by atoms with Gasteiger partial charge < -0.3 is 10.3 Å². The molecule has 0 aromatic carbocycles. The van der Waals surface area contributed by atoms with Gasteiger partial charge in [-0.15, -0.1) is 0 Å². The molecule has 0 bridgehead atoms. The predicted octanol–water partition coefficient (Wildman–Crippen LogP) is 1.71. The lowest BCUT2D eigenvalue weighted by Gasteiger charge is -2.26. The van der Waals surface area contributed by atoms with Gasteiger partial charge >= 0.3 is 0 Å². The Bertz CT molecular complexity index is 817. The first-order valence-electron chi connectivity index (χ1n) is 8.29. The van der Waals surface area contributed by atoms with Crippen molar-refractivity contribution in [3.63, 3.8) is 0 Å². The molecule has 1 saturated carbocycles. The van der Waals surface area contributed by atoms with Crippen LogP contribution in [0.4, 0.5) is 0 Å². The van der Waals surface area contributed by atoms with Crippen LogP contribution in [0.5, 0.6) is 0 Å². The highest BCUT2D eigenvalue weighted by molar-refractivity contribution is 7.94. The van der Waals surface area contributed by atoms with Gasteiger partial charge in [0.1, 0.15) is 5.56 Å². The van der Waals surface area contributed by atoms with E-state index in [9.17, 15) is 18.0 Å². The normalized spacial score (nSPS) is 28.6. The number of nitrogens with one attached hydrogen (secondary N) is 2. The highest BCUT2D eigenvalue weighted by atomic mass is 32.2. The number of carbonyl (C=O) groups excluding carboxylic acids is 1. The third-order valence-electron chi connectivity index (χ3n) is 4.88. The van der Waals surface area contributed by atoms with Crippen LogP contribution in [0.2, 0.25) is 0 Å². The molecule has 1 amide bonds. The van der Waals surface area contributed by atoms with Crippen LogP contribution in [-0.4, -0.2) is 31.1 Å². The standard InChI is InChI=1S/C17H22N2O4S/c1-11-2-4-12(5-3-11)15-7-6-14(17(21)19-15)16(20)18-13-8-9-24(22,23)10-13/h6-9,11-13H,2-5,10H2,1H3,(H,18,20)(H,19,21)/t11?,12?,13-/m1/s1. The van der Waals surface area contributed by atoms with Gasteiger partial charge in [-0.2, -0.15) is 0 Å². The summed E-state index contributed by atoms with van der Waals surface area (Å²) in [5, 5.41) is 3.66. The van der Waals surface area contributed by atoms with E-state index >= 15 is 0 Å². The highest BCUT2D eigenvalue weighted by Gasteiger charge is 2.25. The summed E-state index contributed by atoms with van der Waals surface area (Å²) < 4.78 is 22.7. The first-order chi connectivity index (χ1) is 11.3. The molecule has 0 radical (unpaired) electrons. The van der Waals surface area contributed by atoms with Crippen molar-refractivity contribution in [3.05, 3.63) is 45.2 Å². The topological polar surface area (TPSA) is 96.1 Å². The second kappa shape index (κ2) is 6.55. The number of pyridine rings is 1. The van der Waals surface area contributed by atoms with Crippen LogP contribution in [-0.2, 0) is 9.84 Å². The van der Waals surface area contributed by atoms with Crippen molar-refractivity contribution in [1.82, 2.24) is 10.3 Å². The van der Waals surface area contributed by atoms with Crippen molar-refractivity contribution in [2.45, 2.75) is 44.6 Å². The SMILES string of the molecule is CC1CCC(c2ccc(C(=O)N[C@@H]3C=CS(=O)(=O)C3)c(=O)[nH]2)CC1. The van der Waals surface area contributed by atoms with Crippen molar-refractivity contribution in [3.8, 4) is 0 Å². The second-order valence-corrected chi connectivity index (χ2v) is 8.78. The first-order valence-corrected chi connectivity index (χ1v) is 10.0. The van der Waals surface area contributed by atoms with Crippen LogP contribution in [0.15, 0.2) is 28.4 Å². The Balaban J connectivity index is 1.70. The van der Waals surface area contributed by atoms with E-state index < -0.39 is 27.3 Å². The van der Waals surface area contributed by atoms with Gasteiger partial charge in [0.15, 0.2) is 9.84 Å². The highest BCUT2D eigenvalue weighted by Crippen LogP contribution is 2.34. The first kappa shape index (κ1) is 17.0. The molecule has 2 heterocycles. The average molecular weight is 350 g/mol. The van der Waals surface area contributed by atoms with Crippen molar-refractivity contribution in [1.29, 1.82) is 0 Å². The molecule has 1 aromatic heterocycles. The molecule has 24 heavy (non-hydrogen) atoms. The lowest BCUT2D eigenvalue weighted by atomic mass is 9.81. The number of amides is 1. The molecule has 1 aromatic rings. The third-order valence-corrected chi connectivity index (χ3v) is 6.27. The van der Waals surface area contributed by atoms with Gasteiger partial charge in [-0.05, 0) is 42.9 Å². The minimum Gasteiger partial charge on any atom is -0.345 e. The van der Waals surface area contributed by atoms with Crippen molar-refractivity contribution in [2.75, 3.05) is 5.75 Å². The summed E-state index contributed by atoms with van der Waals surface area (Å²) in [6.07, 6.45) is 5.83. The molecule has 6 nitrogen and oxygen atoms in total. The van der Waals surface area contributed by atoms with Gasteiger partial charge in [-0.25, -0.2) is 8.42 Å². The van der Waals surface area contributed by atoms with Crippen LogP contribution >= 0.6 is 0 Å². The van der Waals surface area contributed by atoms with Gasteiger partial charge in [0.2, 0.25) is 0 Å². The lowest BCUT2D eigenvalue weighted by Crippen LogP contribution is -2.38. The summed E-state index contributed by atoms with van der Waals surface area (Å²) in [5.74, 6) is 0.365. The fourth-order valence-electron chi connectivity index (χ4n) is 3.39. The number of sulfone groups is 1. The fourth-order valence-corrected chi connectivity index (χ4v) is 4.62. The van der Waals surface area contributed by atoms with Gasteiger partial charge in [-0.1, -0.05) is 19.8 Å². The maximum Gasteiger partial charge on any atom is 0.261 e. The summed E-state index contributed by atoms with van der Waals surface area (Å²) in [5.41, 5.74) is 0.473. The quantitative estimate of drug-likeness (QED) is 0.867. The Morgan fingerprint density at radius 3 is 2.50 bits per heavy atom. The zero-order valence-corrected chi connectivity index (χ0v) is 14.4. The smallest absolute Gasteiger partial charge is 0.261 e. The number of aromatic nitrogens is 1. The molecule has 1 aliphatic heterocycles. The number of H-pyrrole nitrogens is 1. The minimum atomic E-state index is -3.24. The maximum atomic E-state index is 12.2. The van der Waals surface area contributed by atoms with E-state index in [-0.39, 0.29) is 11.3 Å². The summed E-state index contributed by atoms with van der Waals surface area (Å²) in [7, 11) is -3.24. The van der Waals surface area contributed by atoms with Crippen LogP contribution in [0, 0.1) is 5.92 Å². The molecule has 7 heteroatoms. The minimum absolute atomic E-state index is 0.0145. The third kappa shape index (κ3) is 3.77. The monoisotopic (exact) mass is 350 g/mol. The van der Waals surface area contributed by atoms with Crippen molar-refractivity contribution < 1.29 is 13.2 Å². The van der Waals surface area contributed by atoms with E-state index in [4.69, 9.17) is 0 Å². The zero-order chi connectivity index (χ0) is 17.3. The maximum absolute atomic E-state index is 12.2. The van der Waals surface area contributed by atoms with E-state index in [2.05, 4.69) is 17.2 Å². The molecule has 1 fully saturated rings. The fraction of sp³-hybridized carbons (Fsp3) is 0.529. The lowest BCUT2D eigenvalue weighted by molar-refractivity contribution is 0.0946. The van der Waals surface area contributed by atoms with Gasteiger partial charge in [0.05, 0.1) is 11.8 Å². The number of rotatable bonds is 3. The Labute approximate surface area is 141 Å². The van der Waals surface area contributed by atoms with Crippen molar-refractivity contribution in [2.24, 2.45) is 5.92 Å². The Kier molecular flexibility index (Phi) is 4.62. The summed E-state index contributed by atoms with van der Waals surface area (Å²) in [6.45, 7) is 2.24. The van der Waals surface area contributed by atoms with E-state index in [0.29, 0.717) is 5.92 Å². The molecule has 0 spiro atoms. The van der Waals surface area contributed by atoms with Gasteiger partial charge in [0.25, 0.3) is 11.5 Å². The molecule has 0 saturated heterocycles. The Hall–Kier alpha value is -1.89. The van der Waals surface area contributed by atoms with Crippen LogP contribution in [0.1, 0.15) is 54.6 Å². The van der Waals surface area contributed by atoms with Gasteiger partial charge in [0, 0.05) is 11.1 Å². The Morgan fingerprint density at radius 1 is 1.21 bits per heavy atom. The molecule has 2 N–H and O–H groups in total. The molecule has 130 valence electrons. The van der Waals surface area contributed by atoms with E-state index in [1.807, 2.05) is 0 Å². The molecule has 3 rings (SSSR count). The predicted molar refractivity (Wildman–Crippen MR) is 91.6 cm³/mol.